The second kappa shape index (κ2) is 18.7. The lowest BCUT2D eigenvalue weighted by Crippen LogP contribution is -2.40. The zero-order valence-electron chi connectivity index (χ0n) is 30.5. The Morgan fingerprint density at radius 2 is 1.83 bits per heavy atom. The molecule has 0 unspecified atom stereocenters. The number of carbonyl (C=O) groups is 2. The van der Waals surface area contributed by atoms with Crippen LogP contribution < -0.4 is 10.9 Å². The number of nitrogens with zero attached hydrogens (tertiary/aromatic N) is 2. The highest BCUT2D eigenvalue weighted by atomic mass is 35.5. The lowest BCUT2D eigenvalue weighted by Gasteiger charge is -2.26. The van der Waals surface area contributed by atoms with Crippen LogP contribution in [0.4, 0.5) is 17.6 Å². The summed E-state index contributed by atoms with van der Waals surface area (Å²) in [4.78, 5) is 42.2. The number of likely N-dealkylation sites (N-methyl/N-ethyl adjacent to an activating group) is 1. The fraction of sp³-hybridized carbons (Fsp3) is 0.439. The number of ether oxygens (including phenoxy) is 1. The Balaban J connectivity index is 1.83. The molecule has 2 aromatic carbocycles. The van der Waals surface area contributed by atoms with Gasteiger partial charge in [-0.05, 0) is 119 Å². The maximum atomic E-state index is 16.7. The second-order valence-electron chi connectivity index (χ2n) is 13.7. The van der Waals surface area contributed by atoms with Crippen molar-refractivity contribution in [2.24, 2.45) is 0 Å². The van der Waals surface area contributed by atoms with Crippen molar-refractivity contribution in [1.82, 2.24) is 14.8 Å². The number of aromatic nitrogens is 1. The van der Waals surface area contributed by atoms with Crippen LogP contribution in [0.3, 0.4) is 0 Å². The van der Waals surface area contributed by atoms with E-state index in [0.29, 0.717) is 28.6 Å². The molecule has 1 fully saturated rings. The molecule has 1 N–H and O–H groups in total. The van der Waals surface area contributed by atoms with Crippen LogP contribution in [0.5, 0.6) is 0 Å². The number of unbranched alkanes of at least 4 members (excludes halogenated alkanes) is 2. The molecule has 1 saturated carbocycles. The van der Waals surface area contributed by atoms with Gasteiger partial charge in [-0.25, -0.2) is 4.39 Å². The molecule has 286 valence electrons. The van der Waals surface area contributed by atoms with Crippen LogP contribution in [-0.2, 0) is 33.3 Å². The number of benzene rings is 2. The second-order valence-corrected chi connectivity index (χ2v) is 14.1. The number of hydrogen-bond acceptors (Lipinski definition) is 5. The summed E-state index contributed by atoms with van der Waals surface area (Å²) in [7, 11) is 3.42. The maximum absolute atomic E-state index is 16.7. The summed E-state index contributed by atoms with van der Waals surface area (Å²) in [6.45, 7) is 9.41. The Morgan fingerprint density at radius 3 is 2.45 bits per heavy atom. The van der Waals surface area contributed by atoms with Crippen LogP contribution in [-0.4, -0.2) is 48.6 Å². The SMILES string of the molecule is C=CCCCCc1cccc(Cl)c1-c1cc(C2CC2)c(F)c([C@H](CC(=O)OCC)NC(=O)[C@H](CC=C)n2cc(CCN(C)C)c(C(F)(F)F)cc2=O)c1. The summed E-state index contributed by atoms with van der Waals surface area (Å²) in [5, 5.41) is 3.24. The zero-order valence-corrected chi connectivity index (χ0v) is 31.3. The minimum Gasteiger partial charge on any atom is -0.466 e. The van der Waals surface area contributed by atoms with Crippen LogP contribution in [0.15, 0.2) is 72.7 Å². The van der Waals surface area contributed by atoms with Gasteiger partial charge in [0.1, 0.15) is 11.9 Å². The minimum absolute atomic E-state index is 0.0344. The van der Waals surface area contributed by atoms with Gasteiger partial charge in [0.25, 0.3) is 5.56 Å². The summed E-state index contributed by atoms with van der Waals surface area (Å²) in [5.74, 6) is -2.15. The largest absolute Gasteiger partial charge is 0.466 e. The molecule has 12 heteroatoms. The summed E-state index contributed by atoms with van der Waals surface area (Å²) in [6.07, 6.45) is 3.76. The standard InChI is InChI=1S/C41H48ClF4N3O4/c1-6-9-10-11-14-27-15-12-16-33(42)38(27)29-21-30(26-17-18-26)39(43)31(22-29)34(24-37(51)53-8-3)47-40(52)35(13-7-2)49-25-28(19-20-48(4)5)32(23-36(49)50)41(44,45)46/h6-7,12,15-16,21-23,25-26,34-35H,1-2,8-11,13-14,17-20,24H2,3-5H3,(H,47,52)/t34-,35-/m0/s1. The van der Waals surface area contributed by atoms with Crippen LogP contribution in [0.2, 0.25) is 5.02 Å². The molecular weight excluding hydrogens is 710 g/mol. The topological polar surface area (TPSA) is 80.6 Å². The fourth-order valence-corrected chi connectivity index (χ4v) is 6.81. The molecule has 0 spiro atoms. The number of halogens is 5. The number of carbonyl (C=O) groups excluding carboxylic acids is 2. The van der Waals surface area contributed by atoms with E-state index >= 15 is 4.39 Å². The van der Waals surface area contributed by atoms with E-state index in [0.717, 1.165) is 54.0 Å². The van der Waals surface area contributed by atoms with Gasteiger partial charge >= 0.3 is 12.1 Å². The summed E-state index contributed by atoms with van der Waals surface area (Å²) in [5.41, 5.74) is 0.500. The average Bonchev–Trinajstić information content (AvgIpc) is 3.94. The molecule has 1 amide bonds. The van der Waals surface area contributed by atoms with Crippen molar-refractivity contribution in [2.75, 3.05) is 27.2 Å². The monoisotopic (exact) mass is 757 g/mol. The predicted molar refractivity (Wildman–Crippen MR) is 201 cm³/mol. The van der Waals surface area contributed by atoms with Gasteiger partial charge < -0.3 is 19.5 Å². The number of esters is 1. The number of nitrogens with one attached hydrogen (secondary N) is 1. The molecule has 2 atom stereocenters. The lowest BCUT2D eigenvalue weighted by molar-refractivity contribution is -0.144. The van der Waals surface area contributed by atoms with Crippen LogP contribution in [0, 0.1) is 5.82 Å². The summed E-state index contributed by atoms with van der Waals surface area (Å²) in [6, 6.07) is 6.84. The van der Waals surface area contributed by atoms with Crippen LogP contribution in [0.25, 0.3) is 11.1 Å². The van der Waals surface area contributed by atoms with Gasteiger partial charge in [0.15, 0.2) is 0 Å². The van der Waals surface area contributed by atoms with Gasteiger partial charge in [0.2, 0.25) is 5.91 Å². The molecule has 0 aliphatic heterocycles. The van der Waals surface area contributed by atoms with E-state index in [1.807, 2.05) is 18.2 Å². The van der Waals surface area contributed by atoms with E-state index in [2.05, 4.69) is 18.5 Å². The van der Waals surface area contributed by atoms with E-state index in [9.17, 15) is 27.6 Å². The molecule has 53 heavy (non-hydrogen) atoms. The maximum Gasteiger partial charge on any atom is 0.416 e. The Morgan fingerprint density at radius 1 is 1.09 bits per heavy atom. The Bertz CT molecular complexity index is 1850. The first-order valence-corrected chi connectivity index (χ1v) is 18.3. The molecule has 7 nitrogen and oxygen atoms in total. The highest BCUT2D eigenvalue weighted by molar-refractivity contribution is 6.33. The van der Waals surface area contributed by atoms with Gasteiger partial charge in [0, 0.05) is 35.0 Å². The van der Waals surface area contributed by atoms with Crippen molar-refractivity contribution in [1.29, 1.82) is 0 Å². The number of pyridine rings is 1. The van der Waals surface area contributed by atoms with Gasteiger partial charge in [0.05, 0.1) is 24.6 Å². The van der Waals surface area contributed by atoms with Crippen molar-refractivity contribution in [2.45, 2.75) is 88.9 Å². The molecule has 0 bridgehead atoms. The summed E-state index contributed by atoms with van der Waals surface area (Å²) < 4.78 is 64.9. The lowest BCUT2D eigenvalue weighted by atomic mass is 9.89. The Kier molecular flexibility index (Phi) is 14.7. The minimum atomic E-state index is -4.80. The Labute approximate surface area is 313 Å². The number of rotatable bonds is 19. The van der Waals surface area contributed by atoms with Gasteiger partial charge in [-0.2, -0.15) is 13.2 Å². The van der Waals surface area contributed by atoms with Crippen molar-refractivity contribution < 1.29 is 31.9 Å². The normalized spacial score (nSPS) is 14.1. The van der Waals surface area contributed by atoms with Crippen molar-refractivity contribution in [3.05, 3.63) is 117 Å². The fourth-order valence-electron chi connectivity index (χ4n) is 6.50. The predicted octanol–water partition coefficient (Wildman–Crippen LogP) is 9.13. The first-order valence-electron chi connectivity index (χ1n) is 18.0. The van der Waals surface area contributed by atoms with Crippen LogP contribution in [0.1, 0.15) is 97.7 Å². The number of aryl methyl sites for hydroxylation is 1. The van der Waals surface area contributed by atoms with E-state index in [-0.39, 0.29) is 43.0 Å². The number of hydrogen-bond donors (Lipinski definition) is 1. The smallest absolute Gasteiger partial charge is 0.416 e. The molecule has 3 aromatic rings. The third-order valence-electron chi connectivity index (χ3n) is 9.33. The molecule has 1 aliphatic carbocycles. The van der Waals surface area contributed by atoms with Gasteiger partial charge in [-0.3, -0.25) is 14.4 Å². The van der Waals surface area contributed by atoms with Gasteiger partial charge in [-0.15, -0.1) is 13.2 Å². The molecule has 1 heterocycles. The van der Waals surface area contributed by atoms with E-state index in [4.69, 9.17) is 16.3 Å². The van der Waals surface area contributed by atoms with Gasteiger partial charge in [-0.1, -0.05) is 35.9 Å². The first-order chi connectivity index (χ1) is 25.2. The van der Waals surface area contributed by atoms with E-state index in [1.54, 1.807) is 44.1 Å². The number of allylic oxidation sites excluding steroid dienone is 2. The number of alkyl halides is 3. The highest BCUT2D eigenvalue weighted by Crippen LogP contribution is 2.46. The molecular formula is C41H48ClF4N3O4. The molecule has 4 rings (SSSR count). The average molecular weight is 758 g/mol. The molecule has 0 radical (unpaired) electrons. The summed E-state index contributed by atoms with van der Waals surface area (Å²) >= 11 is 6.82. The Hall–Kier alpha value is -4.22. The molecule has 1 aromatic heterocycles. The zero-order chi connectivity index (χ0) is 38.9. The van der Waals surface area contributed by atoms with Crippen molar-refractivity contribution in [3.8, 4) is 11.1 Å². The third-order valence-corrected chi connectivity index (χ3v) is 9.65. The van der Waals surface area contributed by atoms with E-state index < -0.39 is 53.5 Å². The van der Waals surface area contributed by atoms with E-state index in [1.165, 1.54) is 6.08 Å². The van der Waals surface area contributed by atoms with Crippen molar-refractivity contribution in [3.63, 3.8) is 0 Å². The highest BCUT2D eigenvalue weighted by Gasteiger charge is 2.36. The van der Waals surface area contributed by atoms with Crippen molar-refractivity contribution >= 4 is 23.5 Å². The van der Waals surface area contributed by atoms with Crippen LogP contribution >= 0.6 is 11.6 Å². The first kappa shape index (κ1) is 41.5. The quantitative estimate of drug-likeness (QED) is 0.0571. The molecule has 0 saturated heterocycles. The third kappa shape index (κ3) is 10.9. The molecule has 1 aliphatic rings. The number of amides is 1.